The Morgan fingerprint density at radius 3 is 2.74 bits per heavy atom. The number of hydrogen-bond acceptors (Lipinski definition) is 6. The zero-order chi connectivity index (χ0) is 17.4. The summed E-state index contributed by atoms with van der Waals surface area (Å²) in [7, 11) is 1.53. The van der Waals surface area contributed by atoms with Crippen LogP contribution in [0.2, 0.25) is 0 Å². The Kier molecular flexibility index (Phi) is 7.42. The van der Waals surface area contributed by atoms with Gasteiger partial charge in [-0.15, -0.1) is 0 Å². The molecule has 1 heterocycles. The van der Waals surface area contributed by atoms with Crippen molar-refractivity contribution in [2.24, 2.45) is 22.2 Å². The Bertz CT molecular complexity index is 480. The molecular weight excluding hydrogens is 302 g/mol. The molecule has 23 heavy (non-hydrogen) atoms. The van der Waals surface area contributed by atoms with E-state index in [0.29, 0.717) is 13.0 Å². The smallest absolute Gasteiger partial charge is 0.318 e. The van der Waals surface area contributed by atoms with E-state index >= 15 is 0 Å². The number of nitrogens with two attached hydrogens (primary N) is 3. The largest absolute Gasteiger partial charge is 0.351 e. The predicted molar refractivity (Wildman–Crippen MR) is 85.2 cm³/mol. The van der Waals surface area contributed by atoms with E-state index in [9.17, 15) is 14.4 Å². The van der Waals surface area contributed by atoms with Gasteiger partial charge in [-0.2, -0.15) is 0 Å². The summed E-state index contributed by atoms with van der Waals surface area (Å²) in [4.78, 5) is 40.2. The maximum absolute atomic E-state index is 12.2. The quantitative estimate of drug-likeness (QED) is 0.334. The molecule has 10 nitrogen and oxygen atoms in total. The number of rotatable bonds is 7. The van der Waals surface area contributed by atoms with Crippen molar-refractivity contribution in [2.75, 3.05) is 20.1 Å². The van der Waals surface area contributed by atoms with Gasteiger partial charge in [0.15, 0.2) is 0 Å². The Hall–Kier alpha value is -2.20. The lowest BCUT2D eigenvalue weighted by molar-refractivity contribution is -0.138. The molecule has 0 aliphatic carbocycles. The predicted octanol–water partition coefficient (Wildman–Crippen LogP) is -2.19. The third kappa shape index (κ3) is 6.20. The number of aliphatic imine (C=N–C) groups is 1. The van der Waals surface area contributed by atoms with Crippen LogP contribution in [-0.2, 0) is 9.59 Å². The van der Waals surface area contributed by atoms with E-state index in [1.807, 2.05) is 0 Å². The first-order valence-electron chi connectivity index (χ1n) is 7.48. The van der Waals surface area contributed by atoms with Crippen LogP contribution in [0.15, 0.2) is 4.99 Å². The van der Waals surface area contributed by atoms with Crippen LogP contribution in [0.3, 0.4) is 0 Å². The van der Waals surface area contributed by atoms with Crippen molar-refractivity contribution in [3.63, 3.8) is 0 Å². The van der Waals surface area contributed by atoms with Crippen LogP contribution in [0.1, 0.15) is 25.7 Å². The second-order valence-corrected chi connectivity index (χ2v) is 5.44. The first-order valence-corrected chi connectivity index (χ1v) is 7.48. The molecule has 0 radical (unpaired) electrons. The van der Waals surface area contributed by atoms with Gasteiger partial charge in [0.05, 0.1) is 6.54 Å². The van der Waals surface area contributed by atoms with E-state index in [1.54, 1.807) is 0 Å². The van der Waals surface area contributed by atoms with Gasteiger partial charge in [0.25, 0.3) is 5.91 Å². The average Bonchev–Trinajstić information content (AvgIpc) is 2.46. The molecule has 0 bridgehead atoms. The number of unbranched alkanes of at least 4 members (excludes halogenated alkanes) is 1. The molecular formula is C13H25N7O3. The van der Waals surface area contributed by atoms with Gasteiger partial charge in [-0.1, -0.05) is 6.42 Å². The van der Waals surface area contributed by atoms with Gasteiger partial charge in [-0.25, -0.2) is 9.79 Å². The first-order chi connectivity index (χ1) is 10.8. The van der Waals surface area contributed by atoms with Crippen molar-refractivity contribution in [3.8, 4) is 0 Å². The van der Waals surface area contributed by atoms with Crippen LogP contribution in [0.4, 0.5) is 4.79 Å². The fraction of sp³-hybridized carbons (Fsp3) is 0.692. The van der Waals surface area contributed by atoms with Gasteiger partial charge < -0.3 is 22.1 Å². The first kappa shape index (κ1) is 18.8. The Labute approximate surface area is 134 Å². The van der Waals surface area contributed by atoms with E-state index in [0.717, 1.165) is 12.8 Å². The third-order valence-electron chi connectivity index (χ3n) is 3.53. The summed E-state index contributed by atoms with van der Waals surface area (Å²) in [5.74, 6) is -0.679. The number of hydrogen-bond donors (Lipinski definition) is 5. The van der Waals surface area contributed by atoms with Gasteiger partial charge >= 0.3 is 6.03 Å². The molecule has 0 aromatic heterocycles. The Morgan fingerprint density at radius 2 is 2.17 bits per heavy atom. The van der Waals surface area contributed by atoms with Crippen LogP contribution in [0, 0.1) is 0 Å². The molecule has 4 amide bonds. The fourth-order valence-electron chi connectivity index (χ4n) is 2.18. The number of guanidine groups is 1. The Balaban J connectivity index is 2.51. The van der Waals surface area contributed by atoms with E-state index < -0.39 is 18.0 Å². The van der Waals surface area contributed by atoms with Gasteiger partial charge in [0, 0.05) is 19.5 Å². The summed E-state index contributed by atoms with van der Waals surface area (Å²) in [6.45, 7) is 0.647. The molecule has 1 rings (SSSR count). The van der Waals surface area contributed by atoms with E-state index in [-0.39, 0.29) is 30.9 Å². The van der Waals surface area contributed by atoms with E-state index in [4.69, 9.17) is 17.2 Å². The summed E-state index contributed by atoms with van der Waals surface area (Å²) in [6.07, 6.45) is 2.59. The number of nitrogens with one attached hydrogen (secondary N) is 2. The third-order valence-corrected chi connectivity index (χ3v) is 3.53. The van der Waals surface area contributed by atoms with Crippen LogP contribution >= 0.6 is 0 Å². The van der Waals surface area contributed by atoms with Gasteiger partial charge in [0.1, 0.15) is 6.04 Å². The van der Waals surface area contributed by atoms with Crippen molar-refractivity contribution < 1.29 is 14.4 Å². The molecule has 1 unspecified atom stereocenters. The SMILES string of the molecule is CN(C(=O)C[C@@H](N)CCCCN)C1CN=C(NC(N)=O)NC1=O. The number of nitrogens with zero attached hydrogens (tertiary/aromatic N) is 2. The van der Waals surface area contributed by atoms with Gasteiger partial charge in [-0.05, 0) is 19.4 Å². The molecule has 0 saturated heterocycles. The summed E-state index contributed by atoms with van der Waals surface area (Å²) >= 11 is 0. The second-order valence-electron chi connectivity index (χ2n) is 5.44. The molecule has 2 atom stereocenters. The molecule has 130 valence electrons. The van der Waals surface area contributed by atoms with Crippen molar-refractivity contribution in [2.45, 2.75) is 37.8 Å². The van der Waals surface area contributed by atoms with Crippen molar-refractivity contribution in [1.29, 1.82) is 0 Å². The molecule has 0 spiro atoms. The maximum Gasteiger partial charge on any atom is 0.318 e. The number of carbonyl (C=O) groups excluding carboxylic acids is 3. The molecule has 1 aliphatic rings. The molecule has 8 N–H and O–H groups in total. The highest BCUT2D eigenvalue weighted by molar-refractivity contribution is 6.07. The summed E-state index contributed by atoms with van der Waals surface area (Å²) in [5, 5.41) is 4.57. The lowest BCUT2D eigenvalue weighted by Gasteiger charge is -2.30. The zero-order valence-corrected chi connectivity index (χ0v) is 13.2. The molecule has 0 aromatic carbocycles. The van der Waals surface area contributed by atoms with Gasteiger partial charge in [0.2, 0.25) is 11.9 Å². The monoisotopic (exact) mass is 327 g/mol. The highest BCUT2D eigenvalue weighted by Crippen LogP contribution is 2.08. The zero-order valence-electron chi connectivity index (χ0n) is 13.2. The lowest BCUT2D eigenvalue weighted by Crippen LogP contribution is -2.58. The highest BCUT2D eigenvalue weighted by Gasteiger charge is 2.31. The number of amides is 4. The van der Waals surface area contributed by atoms with Crippen molar-refractivity contribution in [1.82, 2.24) is 15.5 Å². The topological polar surface area (TPSA) is 169 Å². The minimum absolute atomic E-state index is 0.0157. The molecule has 10 heteroatoms. The fourth-order valence-corrected chi connectivity index (χ4v) is 2.18. The van der Waals surface area contributed by atoms with Gasteiger partial charge in [-0.3, -0.25) is 20.2 Å². The van der Waals surface area contributed by atoms with Crippen LogP contribution in [0.25, 0.3) is 0 Å². The minimum atomic E-state index is -0.824. The maximum atomic E-state index is 12.2. The second kappa shape index (κ2) is 9.06. The lowest BCUT2D eigenvalue weighted by atomic mass is 10.1. The number of primary amides is 1. The standard InChI is InChI=1S/C13H25N7O3/c1-20(10(21)6-8(15)4-2-3-5-14)9-7-17-13(18-11(9)22)19-12(16)23/h8-9H,2-7,14-15H2,1H3,(H4,16,17,18,19,22,23)/t8-,9?/m0/s1. The number of likely N-dealkylation sites (N-methyl/N-ethyl adjacent to an activating group) is 1. The minimum Gasteiger partial charge on any atom is -0.351 e. The summed E-state index contributed by atoms with van der Waals surface area (Å²) < 4.78 is 0. The molecule has 0 aromatic rings. The van der Waals surface area contributed by atoms with Crippen LogP contribution < -0.4 is 27.8 Å². The summed E-state index contributed by atoms with van der Waals surface area (Å²) in [5.41, 5.74) is 16.3. The van der Waals surface area contributed by atoms with Crippen LogP contribution in [0.5, 0.6) is 0 Å². The Morgan fingerprint density at radius 1 is 1.48 bits per heavy atom. The average molecular weight is 327 g/mol. The molecule has 1 aliphatic heterocycles. The van der Waals surface area contributed by atoms with E-state index in [1.165, 1.54) is 11.9 Å². The van der Waals surface area contributed by atoms with Crippen molar-refractivity contribution >= 4 is 23.8 Å². The number of carbonyl (C=O) groups is 3. The van der Waals surface area contributed by atoms with E-state index in [2.05, 4.69) is 15.6 Å². The van der Waals surface area contributed by atoms with Crippen molar-refractivity contribution in [3.05, 3.63) is 0 Å². The summed E-state index contributed by atoms with van der Waals surface area (Å²) in [6, 6.07) is -1.83. The normalized spacial score (nSPS) is 18.7. The highest BCUT2D eigenvalue weighted by atomic mass is 16.2. The number of urea groups is 1. The van der Waals surface area contributed by atoms with Crippen LogP contribution in [-0.4, -0.2) is 60.9 Å². The molecule has 0 fully saturated rings. The molecule has 0 saturated carbocycles.